The number of carbonyl (C=O) groups excluding carboxylic acids is 2. The number of halogens is 2. The average Bonchev–Trinajstić information content (AvgIpc) is 2.95. The Morgan fingerprint density at radius 1 is 1.04 bits per heavy atom. The molecule has 1 amide bonds. The first-order valence-corrected chi connectivity index (χ1v) is 7.74. The van der Waals surface area contributed by atoms with Gasteiger partial charge >= 0.3 is 5.97 Å². The van der Waals surface area contributed by atoms with E-state index in [1.807, 2.05) is 0 Å². The number of fused-ring (bicyclic) bond motifs is 1. The van der Waals surface area contributed by atoms with Crippen LogP contribution in [0, 0.1) is 11.6 Å². The van der Waals surface area contributed by atoms with E-state index >= 15 is 0 Å². The van der Waals surface area contributed by atoms with Crippen molar-refractivity contribution < 1.29 is 23.1 Å². The molecule has 0 aliphatic carbocycles. The van der Waals surface area contributed by atoms with Gasteiger partial charge in [0.1, 0.15) is 16.5 Å². The van der Waals surface area contributed by atoms with Crippen LogP contribution >= 0.6 is 11.3 Å². The second-order valence-corrected chi connectivity index (χ2v) is 6.01. The van der Waals surface area contributed by atoms with E-state index in [0.717, 1.165) is 22.1 Å². The first-order chi connectivity index (χ1) is 11.5. The zero-order chi connectivity index (χ0) is 17.1. The molecule has 0 atom stereocenters. The van der Waals surface area contributed by atoms with E-state index in [1.165, 1.54) is 36.4 Å². The number of esters is 1. The Labute approximate surface area is 139 Å². The number of ether oxygens (including phenoxy) is 1. The largest absolute Gasteiger partial charge is 0.451 e. The molecular weight excluding hydrogens is 336 g/mol. The van der Waals surface area contributed by atoms with Crippen LogP contribution in [0.3, 0.4) is 0 Å². The normalized spacial score (nSPS) is 10.6. The third kappa shape index (κ3) is 3.75. The summed E-state index contributed by atoms with van der Waals surface area (Å²) >= 11 is 1.15. The van der Waals surface area contributed by atoms with Crippen molar-refractivity contribution in [3.8, 4) is 0 Å². The highest BCUT2D eigenvalue weighted by molar-refractivity contribution is 7.20. The summed E-state index contributed by atoms with van der Waals surface area (Å²) in [5.41, 5.74) is 0.272. The highest BCUT2D eigenvalue weighted by Gasteiger charge is 2.14. The number of thiophene rings is 1. The van der Waals surface area contributed by atoms with Gasteiger partial charge in [-0.25, -0.2) is 13.6 Å². The highest BCUT2D eigenvalue weighted by Crippen LogP contribution is 2.26. The fraction of sp³-hybridized carbons (Fsp3) is 0.0588. The zero-order valence-corrected chi connectivity index (χ0v) is 13.0. The second-order valence-electron chi connectivity index (χ2n) is 4.93. The summed E-state index contributed by atoms with van der Waals surface area (Å²) in [6.07, 6.45) is 0. The van der Waals surface area contributed by atoms with Crippen LogP contribution in [-0.2, 0) is 9.53 Å². The van der Waals surface area contributed by atoms with Crippen LogP contribution in [0.2, 0.25) is 0 Å². The smallest absolute Gasteiger partial charge is 0.348 e. The van der Waals surface area contributed by atoms with E-state index in [0.29, 0.717) is 5.39 Å². The zero-order valence-electron chi connectivity index (χ0n) is 12.2. The Hall–Kier alpha value is -2.80. The lowest BCUT2D eigenvalue weighted by Crippen LogP contribution is -2.20. The van der Waals surface area contributed by atoms with Gasteiger partial charge in [0.2, 0.25) is 0 Å². The van der Waals surface area contributed by atoms with Gasteiger partial charge in [0, 0.05) is 10.4 Å². The van der Waals surface area contributed by atoms with Gasteiger partial charge in [-0.1, -0.05) is 6.07 Å². The number of benzene rings is 2. The summed E-state index contributed by atoms with van der Waals surface area (Å²) in [6, 6.07) is 11.1. The first kappa shape index (κ1) is 16.1. The monoisotopic (exact) mass is 347 g/mol. The van der Waals surface area contributed by atoms with Crippen LogP contribution in [0.4, 0.5) is 14.5 Å². The fourth-order valence-corrected chi connectivity index (χ4v) is 3.02. The Kier molecular flexibility index (Phi) is 4.52. The van der Waals surface area contributed by atoms with Gasteiger partial charge in [-0.05, 0) is 47.9 Å². The molecule has 1 aromatic heterocycles. The molecule has 0 saturated carbocycles. The van der Waals surface area contributed by atoms with Crippen LogP contribution in [-0.4, -0.2) is 18.5 Å². The van der Waals surface area contributed by atoms with Crippen molar-refractivity contribution in [1.82, 2.24) is 0 Å². The first-order valence-electron chi connectivity index (χ1n) is 6.93. The minimum atomic E-state index is -0.675. The molecule has 1 heterocycles. The molecule has 0 unspecified atom stereocenters. The molecule has 7 heteroatoms. The Morgan fingerprint density at radius 2 is 1.83 bits per heavy atom. The summed E-state index contributed by atoms with van der Waals surface area (Å²) in [7, 11) is 0. The summed E-state index contributed by atoms with van der Waals surface area (Å²) < 4.78 is 31.8. The van der Waals surface area contributed by atoms with E-state index in [1.54, 1.807) is 6.07 Å². The number of rotatable bonds is 4. The molecule has 0 saturated heterocycles. The summed E-state index contributed by atoms with van der Waals surface area (Å²) in [5.74, 6) is -2.14. The number of carbonyl (C=O) groups is 2. The third-order valence-electron chi connectivity index (χ3n) is 3.12. The maximum Gasteiger partial charge on any atom is 0.348 e. The van der Waals surface area contributed by atoms with Crippen LogP contribution in [0.5, 0.6) is 0 Å². The number of nitrogens with one attached hydrogen (secondary N) is 1. The number of hydrogen-bond acceptors (Lipinski definition) is 4. The van der Waals surface area contributed by atoms with E-state index in [4.69, 9.17) is 4.74 Å². The van der Waals surface area contributed by atoms with E-state index in [-0.39, 0.29) is 10.6 Å². The van der Waals surface area contributed by atoms with E-state index in [2.05, 4.69) is 5.32 Å². The lowest BCUT2D eigenvalue weighted by atomic mass is 10.2. The Bertz CT molecular complexity index is 923. The van der Waals surface area contributed by atoms with Crippen LogP contribution < -0.4 is 5.32 Å². The van der Waals surface area contributed by atoms with Gasteiger partial charge in [0.05, 0.1) is 0 Å². The van der Waals surface area contributed by atoms with Gasteiger partial charge in [0.25, 0.3) is 5.91 Å². The van der Waals surface area contributed by atoms with Crippen molar-refractivity contribution in [3.05, 3.63) is 65.0 Å². The molecule has 0 radical (unpaired) electrons. The van der Waals surface area contributed by atoms with Gasteiger partial charge in [-0.2, -0.15) is 0 Å². The van der Waals surface area contributed by atoms with Gasteiger partial charge in [0.15, 0.2) is 6.61 Å². The molecule has 0 bridgehead atoms. The van der Waals surface area contributed by atoms with Crippen LogP contribution in [0.15, 0.2) is 48.5 Å². The minimum absolute atomic E-state index is 0.272. The predicted octanol–water partition coefficient (Wildman–Crippen LogP) is 3.98. The summed E-state index contributed by atoms with van der Waals surface area (Å²) in [4.78, 5) is 24.0. The lowest BCUT2D eigenvalue weighted by molar-refractivity contribution is -0.119. The molecule has 2 aromatic carbocycles. The molecule has 1 N–H and O–H groups in total. The molecule has 4 nitrogen and oxygen atoms in total. The maximum atomic E-state index is 13.1. The Balaban J connectivity index is 1.60. The molecule has 0 aliphatic rings. The molecule has 3 rings (SSSR count). The predicted molar refractivity (Wildman–Crippen MR) is 87.1 cm³/mol. The molecule has 0 fully saturated rings. The molecular formula is C17H11F2NO3S. The van der Waals surface area contributed by atoms with Crippen LogP contribution in [0.25, 0.3) is 10.1 Å². The van der Waals surface area contributed by atoms with E-state index in [9.17, 15) is 18.4 Å². The summed E-state index contributed by atoms with van der Waals surface area (Å²) in [5, 5.41) is 3.01. The average molecular weight is 347 g/mol. The van der Waals surface area contributed by atoms with Gasteiger partial charge in [-0.3, -0.25) is 4.79 Å². The second kappa shape index (κ2) is 6.76. The van der Waals surface area contributed by atoms with Crippen molar-refractivity contribution in [2.45, 2.75) is 0 Å². The SMILES string of the molecule is O=C(COC(=O)c1cc2cc(F)ccc2s1)Nc1cccc(F)c1. The molecule has 3 aromatic rings. The molecule has 122 valence electrons. The quantitative estimate of drug-likeness (QED) is 0.727. The third-order valence-corrected chi connectivity index (χ3v) is 4.22. The van der Waals surface area contributed by atoms with Gasteiger partial charge in [-0.15, -0.1) is 11.3 Å². The van der Waals surface area contributed by atoms with Crippen molar-refractivity contribution in [1.29, 1.82) is 0 Å². The van der Waals surface area contributed by atoms with Crippen molar-refractivity contribution in [2.24, 2.45) is 0 Å². The maximum absolute atomic E-state index is 13.1. The minimum Gasteiger partial charge on any atom is -0.451 e. The standard InChI is InChI=1S/C17H11F2NO3S/c18-11-2-1-3-13(8-11)20-16(21)9-23-17(22)15-7-10-6-12(19)4-5-14(10)24-15/h1-8H,9H2,(H,20,21). The fourth-order valence-electron chi connectivity index (χ4n) is 2.08. The molecule has 0 spiro atoms. The topological polar surface area (TPSA) is 55.4 Å². The van der Waals surface area contributed by atoms with Crippen molar-refractivity contribution >= 4 is 39.0 Å². The van der Waals surface area contributed by atoms with Crippen molar-refractivity contribution in [3.63, 3.8) is 0 Å². The number of hydrogen-bond donors (Lipinski definition) is 1. The Morgan fingerprint density at radius 3 is 2.62 bits per heavy atom. The van der Waals surface area contributed by atoms with Crippen LogP contribution in [0.1, 0.15) is 9.67 Å². The van der Waals surface area contributed by atoms with Crippen molar-refractivity contribution in [2.75, 3.05) is 11.9 Å². The molecule has 24 heavy (non-hydrogen) atoms. The lowest BCUT2D eigenvalue weighted by Gasteiger charge is -2.05. The van der Waals surface area contributed by atoms with E-state index < -0.39 is 30.1 Å². The summed E-state index contributed by atoms with van der Waals surface area (Å²) in [6.45, 7) is -0.502. The highest BCUT2D eigenvalue weighted by atomic mass is 32.1. The number of amides is 1. The molecule has 0 aliphatic heterocycles. The van der Waals surface area contributed by atoms with Gasteiger partial charge < -0.3 is 10.1 Å². The number of anilines is 1.